The molecule has 0 unspecified atom stereocenters. The standard InChI is InChI=1S/C18H18N2O4S/c1-3-13-19-16(21)14-11(2)15(25-17(14)20-13)18(22)24-10-9-23-12-7-5-4-6-8-12/h4-8H,3,9-10H2,1-2H3,(H,19,20,21). The number of esters is 1. The zero-order valence-corrected chi connectivity index (χ0v) is 14.8. The van der Waals surface area contributed by atoms with E-state index in [1.54, 1.807) is 6.92 Å². The summed E-state index contributed by atoms with van der Waals surface area (Å²) in [6, 6.07) is 9.31. The molecule has 1 aromatic carbocycles. The van der Waals surface area contributed by atoms with Crippen LogP contribution in [0.25, 0.3) is 10.2 Å². The number of benzene rings is 1. The highest BCUT2D eigenvalue weighted by Crippen LogP contribution is 2.27. The van der Waals surface area contributed by atoms with Crippen LogP contribution in [0, 0.1) is 6.92 Å². The van der Waals surface area contributed by atoms with Gasteiger partial charge in [0.15, 0.2) is 0 Å². The number of aromatic nitrogens is 2. The number of nitrogens with one attached hydrogen (secondary N) is 1. The summed E-state index contributed by atoms with van der Waals surface area (Å²) in [6.45, 7) is 4.04. The number of thiophene rings is 1. The highest BCUT2D eigenvalue weighted by atomic mass is 32.1. The van der Waals surface area contributed by atoms with E-state index >= 15 is 0 Å². The minimum absolute atomic E-state index is 0.130. The Balaban J connectivity index is 1.69. The van der Waals surface area contributed by atoms with Gasteiger partial charge in [-0.05, 0) is 24.6 Å². The number of nitrogens with zero attached hydrogens (tertiary/aromatic N) is 1. The summed E-state index contributed by atoms with van der Waals surface area (Å²) in [4.78, 5) is 32.6. The number of hydrogen-bond donors (Lipinski definition) is 1. The number of ether oxygens (including phenoxy) is 2. The topological polar surface area (TPSA) is 81.3 Å². The van der Waals surface area contributed by atoms with Crippen molar-refractivity contribution in [1.29, 1.82) is 0 Å². The van der Waals surface area contributed by atoms with E-state index in [2.05, 4.69) is 9.97 Å². The van der Waals surface area contributed by atoms with Gasteiger partial charge >= 0.3 is 5.97 Å². The molecule has 2 heterocycles. The number of carbonyl (C=O) groups excluding carboxylic acids is 1. The van der Waals surface area contributed by atoms with Crippen molar-refractivity contribution in [3.05, 3.63) is 57.0 Å². The molecule has 0 saturated heterocycles. The predicted octanol–water partition coefficient (Wildman–Crippen LogP) is 3.09. The molecule has 130 valence electrons. The van der Waals surface area contributed by atoms with Crippen LogP contribution in [0.1, 0.15) is 28.0 Å². The van der Waals surface area contributed by atoms with E-state index in [0.717, 1.165) is 5.75 Å². The summed E-state index contributed by atoms with van der Waals surface area (Å²) >= 11 is 1.18. The summed E-state index contributed by atoms with van der Waals surface area (Å²) in [5.41, 5.74) is 0.382. The average Bonchev–Trinajstić information content (AvgIpc) is 2.96. The van der Waals surface area contributed by atoms with Gasteiger partial charge in [-0.3, -0.25) is 4.79 Å². The third-order valence-corrected chi connectivity index (χ3v) is 4.86. The van der Waals surface area contributed by atoms with E-state index in [1.165, 1.54) is 11.3 Å². The van der Waals surface area contributed by atoms with Crippen LogP contribution in [0.4, 0.5) is 0 Å². The fraction of sp³-hybridized carbons (Fsp3) is 0.278. The highest BCUT2D eigenvalue weighted by Gasteiger charge is 2.20. The van der Waals surface area contributed by atoms with Crippen molar-refractivity contribution in [3.63, 3.8) is 0 Å². The second-order valence-electron chi connectivity index (χ2n) is 5.40. The number of para-hydroxylation sites is 1. The Hall–Kier alpha value is -2.67. The van der Waals surface area contributed by atoms with Gasteiger partial charge in [0, 0.05) is 6.42 Å². The lowest BCUT2D eigenvalue weighted by atomic mass is 10.2. The number of hydrogen-bond acceptors (Lipinski definition) is 6. The first-order chi connectivity index (χ1) is 12.1. The van der Waals surface area contributed by atoms with Crippen LogP contribution in [0.2, 0.25) is 0 Å². The van der Waals surface area contributed by atoms with Crippen molar-refractivity contribution in [2.24, 2.45) is 0 Å². The SMILES string of the molecule is CCc1nc2sc(C(=O)OCCOc3ccccc3)c(C)c2c(=O)[nH]1. The summed E-state index contributed by atoms with van der Waals surface area (Å²) in [5.74, 6) is 0.865. The monoisotopic (exact) mass is 358 g/mol. The molecule has 0 aliphatic heterocycles. The molecule has 0 fully saturated rings. The first-order valence-electron chi connectivity index (χ1n) is 7.97. The molecular formula is C18H18N2O4S. The van der Waals surface area contributed by atoms with Crippen molar-refractivity contribution in [1.82, 2.24) is 9.97 Å². The summed E-state index contributed by atoms with van der Waals surface area (Å²) < 4.78 is 10.8. The lowest BCUT2D eigenvalue weighted by Crippen LogP contribution is -2.13. The van der Waals surface area contributed by atoms with E-state index in [4.69, 9.17) is 9.47 Å². The Morgan fingerprint density at radius 3 is 2.72 bits per heavy atom. The predicted molar refractivity (Wildman–Crippen MR) is 96.6 cm³/mol. The van der Waals surface area contributed by atoms with Crippen LogP contribution in [0.3, 0.4) is 0 Å². The molecule has 7 heteroatoms. The van der Waals surface area contributed by atoms with Crippen molar-refractivity contribution < 1.29 is 14.3 Å². The fourth-order valence-electron chi connectivity index (χ4n) is 2.43. The van der Waals surface area contributed by atoms with Gasteiger partial charge in [0.05, 0.1) is 5.39 Å². The smallest absolute Gasteiger partial charge is 0.348 e. The summed E-state index contributed by atoms with van der Waals surface area (Å²) in [5, 5.41) is 0.453. The molecule has 1 N–H and O–H groups in total. The Labute approximate surface area is 148 Å². The van der Waals surface area contributed by atoms with Crippen molar-refractivity contribution in [2.45, 2.75) is 20.3 Å². The molecular weight excluding hydrogens is 340 g/mol. The van der Waals surface area contributed by atoms with Gasteiger partial charge in [0.2, 0.25) is 0 Å². The second-order valence-corrected chi connectivity index (χ2v) is 6.40. The van der Waals surface area contributed by atoms with Crippen LogP contribution >= 0.6 is 11.3 Å². The van der Waals surface area contributed by atoms with Gasteiger partial charge in [-0.15, -0.1) is 11.3 Å². The lowest BCUT2D eigenvalue weighted by molar-refractivity contribution is 0.0455. The summed E-state index contributed by atoms with van der Waals surface area (Å²) in [6.07, 6.45) is 0.624. The van der Waals surface area contributed by atoms with Crippen molar-refractivity contribution in [2.75, 3.05) is 13.2 Å². The minimum atomic E-state index is -0.463. The molecule has 0 aliphatic carbocycles. The van der Waals surface area contributed by atoms with E-state index < -0.39 is 5.97 Å². The highest BCUT2D eigenvalue weighted by molar-refractivity contribution is 7.20. The second kappa shape index (κ2) is 7.48. The fourth-order valence-corrected chi connectivity index (χ4v) is 3.52. The van der Waals surface area contributed by atoms with Crippen LogP contribution in [-0.4, -0.2) is 29.2 Å². The van der Waals surface area contributed by atoms with Gasteiger partial charge in [-0.1, -0.05) is 25.1 Å². The first kappa shape index (κ1) is 17.2. The van der Waals surface area contributed by atoms with Crippen LogP contribution < -0.4 is 10.3 Å². The first-order valence-corrected chi connectivity index (χ1v) is 8.79. The molecule has 25 heavy (non-hydrogen) atoms. The molecule has 6 nitrogen and oxygen atoms in total. The van der Waals surface area contributed by atoms with Crippen molar-refractivity contribution >= 4 is 27.5 Å². The van der Waals surface area contributed by atoms with Gasteiger partial charge in [0.25, 0.3) is 5.56 Å². The average molecular weight is 358 g/mol. The van der Waals surface area contributed by atoms with Gasteiger partial charge < -0.3 is 14.5 Å². The maximum atomic E-state index is 12.3. The quantitative estimate of drug-likeness (QED) is 0.541. The normalized spacial score (nSPS) is 10.8. The molecule has 0 bridgehead atoms. The van der Waals surface area contributed by atoms with Crippen LogP contribution in [0.5, 0.6) is 5.75 Å². The number of fused-ring (bicyclic) bond motifs is 1. The molecule has 0 saturated carbocycles. The third-order valence-electron chi connectivity index (χ3n) is 3.70. The number of aromatic amines is 1. The maximum Gasteiger partial charge on any atom is 0.348 e. The molecule has 3 aromatic rings. The Kier molecular flexibility index (Phi) is 5.14. The Bertz CT molecular complexity index is 947. The molecule has 0 atom stereocenters. The molecule has 0 amide bonds. The minimum Gasteiger partial charge on any atom is -0.490 e. The van der Waals surface area contributed by atoms with Crippen molar-refractivity contribution in [3.8, 4) is 5.75 Å². The Morgan fingerprint density at radius 1 is 1.24 bits per heavy atom. The van der Waals surface area contributed by atoms with Gasteiger partial charge in [-0.25, -0.2) is 9.78 Å². The van der Waals surface area contributed by atoms with E-state index in [-0.39, 0.29) is 18.8 Å². The molecule has 0 spiro atoms. The lowest BCUT2D eigenvalue weighted by Gasteiger charge is -2.06. The van der Waals surface area contributed by atoms with E-state index in [1.807, 2.05) is 37.3 Å². The molecule has 0 aliphatic rings. The molecule has 0 radical (unpaired) electrons. The van der Waals surface area contributed by atoms with Gasteiger partial charge in [-0.2, -0.15) is 0 Å². The summed E-state index contributed by atoms with van der Waals surface area (Å²) in [7, 11) is 0. The van der Waals surface area contributed by atoms with Gasteiger partial charge in [0.1, 0.15) is 34.5 Å². The maximum absolute atomic E-state index is 12.3. The van der Waals surface area contributed by atoms with E-state index in [9.17, 15) is 9.59 Å². The third kappa shape index (κ3) is 3.71. The Morgan fingerprint density at radius 2 is 2.00 bits per heavy atom. The van der Waals surface area contributed by atoms with E-state index in [0.29, 0.717) is 32.9 Å². The number of H-pyrrole nitrogens is 1. The van der Waals surface area contributed by atoms with Crippen LogP contribution in [0.15, 0.2) is 35.1 Å². The number of aryl methyl sites for hydroxylation is 2. The largest absolute Gasteiger partial charge is 0.490 e. The zero-order chi connectivity index (χ0) is 17.8. The molecule has 2 aromatic heterocycles. The van der Waals surface area contributed by atoms with Crippen LogP contribution in [-0.2, 0) is 11.2 Å². The number of carbonyl (C=O) groups is 1. The zero-order valence-electron chi connectivity index (χ0n) is 14.0. The molecule has 3 rings (SSSR count). The number of rotatable bonds is 6.